The van der Waals surface area contributed by atoms with Crippen molar-refractivity contribution in [2.75, 3.05) is 19.7 Å². The Labute approximate surface area is 189 Å². The van der Waals surface area contributed by atoms with Gasteiger partial charge in [0, 0.05) is 41.7 Å². The number of allylic oxidation sites excluding steroid dienone is 1. The van der Waals surface area contributed by atoms with E-state index in [1.54, 1.807) is 17.2 Å². The number of carbonyl (C=O) groups excluding carboxylic acids is 1. The number of ether oxygens (including phenoxy) is 1. The number of hydrogen-bond acceptors (Lipinski definition) is 3. The van der Waals surface area contributed by atoms with Crippen LogP contribution in [0.25, 0.3) is 38.4 Å². The number of nitrogens with zero attached hydrogens (tertiary/aromatic N) is 1. The van der Waals surface area contributed by atoms with Gasteiger partial charge in [0.05, 0.1) is 12.9 Å². The maximum absolute atomic E-state index is 12.7. The fourth-order valence-corrected chi connectivity index (χ4v) is 4.11. The number of carbonyl (C=O) groups is 1. The number of fused-ring (bicyclic) bond motifs is 2. The zero-order valence-electron chi connectivity index (χ0n) is 19.1. The van der Waals surface area contributed by atoms with E-state index >= 15 is 0 Å². The van der Waals surface area contributed by atoms with Crippen LogP contribution in [0.1, 0.15) is 33.3 Å². The van der Waals surface area contributed by atoms with E-state index in [1.807, 2.05) is 45.9 Å². The highest BCUT2D eigenvalue weighted by Gasteiger charge is 2.16. The molecule has 0 saturated heterocycles. The highest BCUT2D eigenvalue weighted by molar-refractivity contribution is 6.01. The van der Waals surface area contributed by atoms with E-state index in [0.29, 0.717) is 19.7 Å². The molecule has 0 radical (unpaired) electrons. The van der Waals surface area contributed by atoms with E-state index in [2.05, 4.69) is 36.4 Å². The molecule has 0 bridgehead atoms. The van der Waals surface area contributed by atoms with Crippen LogP contribution in [-0.2, 0) is 4.79 Å². The fourth-order valence-electron chi connectivity index (χ4n) is 4.11. The molecule has 0 atom stereocenters. The van der Waals surface area contributed by atoms with Gasteiger partial charge >= 0.3 is 0 Å². The Balaban J connectivity index is 1.83. The Hall–Kier alpha value is -3.53. The second-order valence-electron chi connectivity index (χ2n) is 7.83. The molecule has 0 spiro atoms. The number of likely N-dealkylation sites (N-methyl/N-ethyl adjacent to an activating group) is 1. The summed E-state index contributed by atoms with van der Waals surface area (Å²) in [5.74, 6) is 0.734. The monoisotopic (exact) mass is 427 g/mol. The Bertz CT molecular complexity index is 1290. The number of amides is 1. The normalized spacial score (nSPS) is 11.8. The van der Waals surface area contributed by atoms with E-state index in [4.69, 9.17) is 9.15 Å². The first-order chi connectivity index (χ1) is 15.5. The highest BCUT2D eigenvalue weighted by Crippen LogP contribution is 2.38. The topological polar surface area (TPSA) is 42.7 Å². The molecule has 4 heteroatoms. The average molecular weight is 428 g/mol. The van der Waals surface area contributed by atoms with Crippen molar-refractivity contribution < 1.29 is 13.9 Å². The standard InChI is InChI=1S/C28H29NO3/c1-5-29(6-2)28(30)14-19(4)23-16-24-25(18-32-27(24)17-26(23)31-7-3)22-13-12-20-10-8-9-11-21(20)15-22/h8-18H,5-7H2,1-4H3/b19-14+. The number of benzene rings is 3. The summed E-state index contributed by atoms with van der Waals surface area (Å²) >= 11 is 0. The van der Waals surface area contributed by atoms with E-state index in [9.17, 15) is 4.79 Å². The average Bonchev–Trinajstić information content (AvgIpc) is 3.22. The molecule has 0 N–H and O–H groups in total. The molecule has 1 aromatic heterocycles. The summed E-state index contributed by atoms with van der Waals surface area (Å²) in [7, 11) is 0. The first-order valence-electron chi connectivity index (χ1n) is 11.2. The predicted molar refractivity (Wildman–Crippen MR) is 132 cm³/mol. The third kappa shape index (κ3) is 4.13. The maximum atomic E-state index is 12.7. The van der Waals surface area contributed by atoms with Crippen molar-refractivity contribution >= 4 is 33.2 Å². The molecule has 0 aliphatic rings. The minimum Gasteiger partial charge on any atom is -0.493 e. The maximum Gasteiger partial charge on any atom is 0.246 e. The van der Waals surface area contributed by atoms with Gasteiger partial charge in [0.1, 0.15) is 11.3 Å². The Morgan fingerprint density at radius 2 is 1.75 bits per heavy atom. The lowest BCUT2D eigenvalue weighted by Gasteiger charge is -2.17. The summed E-state index contributed by atoms with van der Waals surface area (Å²) in [5.41, 5.74) is 4.67. The van der Waals surface area contributed by atoms with Gasteiger partial charge in [0.15, 0.2) is 0 Å². The van der Waals surface area contributed by atoms with E-state index in [-0.39, 0.29) is 5.91 Å². The molecule has 32 heavy (non-hydrogen) atoms. The van der Waals surface area contributed by atoms with Gasteiger partial charge in [-0.25, -0.2) is 0 Å². The van der Waals surface area contributed by atoms with Gasteiger partial charge in [-0.1, -0.05) is 36.4 Å². The zero-order valence-corrected chi connectivity index (χ0v) is 19.1. The van der Waals surface area contributed by atoms with Crippen LogP contribution in [0.15, 0.2) is 71.4 Å². The molecule has 0 unspecified atom stereocenters. The predicted octanol–water partition coefficient (Wildman–Crippen LogP) is 6.92. The molecule has 0 aliphatic carbocycles. The number of rotatable bonds is 7. The summed E-state index contributed by atoms with van der Waals surface area (Å²) < 4.78 is 11.8. The van der Waals surface area contributed by atoms with Gasteiger partial charge in [-0.15, -0.1) is 0 Å². The summed E-state index contributed by atoms with van der Waals surface area (Å²) in [6, 6.07) is 18.8. The molecule has 0 aliphatic heterocycles. The van der Waals surface area contributed by atoms with Gasteiger partial charge in [0.2, 0.25) is 5.91 Å². The van der Waals surface area contributed by atoms with Crippen molar-refractivity contribution in [3.05, 3.63) is 72.5 Å². The molecule has 4 aromatic rings. The molecule has 0 saturated carbocycles. The second-order valence-corrected chi connectivity index (χ2v) is 7.83. The summed E-state index contributed by atoms with van der Waals surface area (Å²) in [5, 5.41) is 3.39. The third-order valence-corrected chi connectivity index (χ3v) is 5.88. The van der Waals surface area contributed by atoms with Crippen LogP contribution in [-0.4, -0.2) is 30.5 Å². The summed E-state index contributed by atoms with van der Waals surface area (Å²) in [6.45, 7) is 9.80. The first kappa shape index (κ1) is 21.7. The molecular weight excluding hydrogens is 398 g/mol. The van der Waals surface area contributed by atoms with Crippen LogP contribution < -0.4 is 4.74 Å². The van der Waals surface area contributed by atoms with Crippen molar-refractivity contribution in [2.24, 2.45) is 0 Å². The van der Waals surface area contributed by atoms with Crippen LogP contribution in [0.4, 0.5) is 0 Å². The van der Waals surface area contributed by atoms with Crippen LogP contribution in [0.5, 0.6) is 5.75 Å². The first-order valence-corrected chi connectivity index (χ1v) is 11.2. The summed E-state index contributed by atoms with van der Waals surface area (Å²) in [4.78, 5) is 14.5. The lowest BCUT2D eigenvalue weighted by Crippen LogP contribution is -2.28. The lowest BCUT2D eigenvalue weighted by atomic mass is 9.97. The van der Waals surface area contributed by atoms with Crippen molar-refractivity contribution in [1.29, 1.82) is 0 Å². The van der Waals surface area contributed by atoms with Crippen molar-refractivity contribution in [1.82, 2.24) is 4.90 Å². The minimum atomic E-state index is 0.0111. The number of furan rings is 1. The quantitative estimate of drug-likeness (QED) is 0.301. The number of hydrogen-bond donors (Lipinski definition) is 0. The summed E-state index contributed by atoms with van der Waals surface area (Å²) in [6.07, 6.45) is 3.50. The molecular formula is C28H29NO3. The Kier molecular flexibility index (Phi) is 6.31. The largest absolute Gasteiger partial charge is 0.493 e. The second kappa shape index (κ2) is 9.31. The molecule has 3 aromatic carbocycles. The van der Waals surface area contributed by atoms with Gasteiger partial charge in [0.25, 0.3) is 0 Å². The van der Waals surface area contributed by atoms with Crippen molar-refractivity contribution in [3.63, 3.8) is 0 Å². The van der Waals surface area contributed by atoms with Crippen LogP contribution in [0.3, 0.4) is 0 Å². The zero-order chi connectivity index (χ0) is 22.7. The Morgan fingerprint density at radius 1 is 1.00 bits per heavy atom. The SMILES string of the molecule is CCOc1cc2occ(-c3ccc4ccccc4c3)c2cc1/C(C)=C/C(=O)N(CC)CC. The van der Waals surface area contributed by atoms with E-state index in [0.717, 1.165) is 39.0 Å². The smallest absolute Gasteiger partial charge is 0.246 e. The molecule has 164 valence electrons. The van der Waals surface area contributed by atoms with Gasteiger partial charge in [-0.3, -0.25) is 4.79 Å². The highest BCUT2D eigenvalue weighted by atomic mass is 16.5. The van der Waals surface area contributed by atoms with Crippen molar-refractivity contribution in [3.8, 4) is 16.9 Å². The van der Waals surface area contributed by atoms with Gasteiger partial charge in [-0.2, -0.15) is 0 Å². The molecule has 4 rings (SSSR count). The molecule has 4 nitrogen and oxygen atoms in total. The van der Waals surface area contributed by atoms with Crippen molar-refractivity contribution in [2.45, 2.75) is 27.7 Å². The molecule has 0 fully saturated rings. The Morgan fingerprint density at radius 3 is 2.47 bits per heavy atom. The minimum absolute atomic E-state index is 0.0111. The van der Waals surface area contributed by atoms with Gasteiger partial charge in [-0.05, 0) is 61.7 Å². The van der Waals surface area contributed by atoms with Crippen LogP contribution in [0.2, 0.25) is 0 Å². The molecule has 1 heterocycles. The van der Waals surface area contributed by atoms with E-state index < -0.39 is 0 Å². The van der Waals surface area contributed by atoms with Crippen LogP contribution in [0, 0.1) is 0 Å². The van der Waals surface area contributed by atoms with Crippen LogP contribution >= 0.6 is 0 Å². The lowest BCUT2D eigenvalue weighted by molar-refractivity contribution is -0.125. The fraction of sp³-hybridized carbons (Fsp3) is 0.250. The van der Waals surface area contributed by atoms with E-state index in [1.165, 1.54) is 10.8 Å². The van der Waals surface area contributed by atoms with Gasteiger partial charge < -0.3 is 14.1 Å². The molecule has 1 amide bonds. The third-order valence-electron chi connectivity index (χ3n) is 5.88.